The molecule has 4 N–H and O–H groups in total. The molecule has 1 unspecified atom stereocenters. The molecular weight excluding hydrogens is 160 g/mol. The minimum Gasteiger partial charge on any atom is -0.367 e. The van der Waals surface area contributed by atoms with Crippen molar-refractivity contribution in [2.75, 3.05) is 6.61 Å². The molecule has 5 nitrogen and oxygen atoms in total. The summed E-state index contributed by atoms with van der Waals surface area (Å²) in [5.41, 5.74) is 5.52. The number of amides is 1. The van der Waals surface area contributed by atoms with E-state index in [1.807, 2.05) is 0 Å². The second kappa shape index (κ2) is 3.84. The fraction of sp³-hybridized carbons (Fsp3) is 0.857. The molecule has 1 rings (SSSR count). The molecule has 1 saturated heterocycles. The van der Waals surface area contributed by atoms with Gasteiger partial charge in [0.25, 0.3) is 0 Å². The van der Waals surface area contributed by atoms with Gasteiger partial charge in [-0.15, -0.1) is 0 Å². The van der Waals surface area contributed by atoms with E-state index in [4.69, 9.17) is 15.6 Å². The Balaban J connectivity index is 2.35. The first-order valence-corrected chi connectivity index (χ1v) is 3.92. The quantitative estimate of drug-likeness (QED) is 0.454. The molecule has 0 aromatic carbocycles. The number of rotatable bonds is 1. The van der Waals surface area contributed by atoms with E-state index in [9.17, 15) is 4.79 Å². The van der Waals surface area contributed by atoms with E-state index >= 15 is 0 Å². The van der Waals surface area contributed by atoms with Crippen molar-refractivity contribution >= 4 is 5.91 Å². The van der Waals surface area contributed by atoms with Crippen LogP contribution in [0.5, 0.6) is 0 Å². The van der Waals surface area contributed by atoms with Crippen molar-refractivity contribution in [1.29, 1.82) is 0 Å². The zero-order chi connectivity index (χ0) is 9.14. The molecular formula is C7H14N2O3. The third-order valence-electron chi connectivity index (χ3n) is 1.80. The van der Waals surface area contributed by atoms with Crippen LogP contribution >= 0.6 is 0 Å². The van der Waals surface area contributed by atoms with Crippen molar-refractivity contribution in [3.63, 3.8) is 0 Å². The molecule has 12 heavy (non-hydrogen) atoms. The lowest BCUT2D eigenvalue weighted by molar-refractivity contribution is -0.147. The molecule has 5 heteroatoms. The monoisotopic (exact) mass is 174 g/mol. The van der Waals surface area contributed by atoms with Crippen LogP contribution in [0.2, 0.25) is 0 Å². The zero-order valence-corrected chi connectivity index (χ0v) is 6.99. The van der Waals surface area contributed by atoms with Gasteiger partial charge in [-0.1, -0.05) is 0 Å². The third kappa shape index (κ3) is 2.44. The van der Waals surface area contributed by atoms with Crippen molar-refractivity contribution in [3.8, 4) is 0 Å². The topological polar surface area (TPSA) is 84.6 Å². The van der Waals surface area contributed by atoms with Crippen LogP contribution in [0.1, 0.15) is 13.3 Å². The lowest BCUT2D eigenvalue weighted by atomic mass is 10.1. The van der Waals surface area contributed by atoms with Crippen LogP contribution in [0.3, 0.4) is 0 Å². The Kier molecular flexibility index (Phi) is 3.02. The molecule has 0 bridgehead atoms. The molecule has 0 spiro atoms. The standard InChI is InChI=1S/C7H14N2O3/c1-4(10)9-5-2-6(8)7(11)12-3-5/h5-7,11H,2-3,8H2,1H3,(H,9,10)/t5-,6-,7?/m1/s1. The summed E-state index contributed by atoms with van der Waals surface area (Å²) >= 11 is 0. The maximum absolute atomic E-state index is 10.6. The van der Waals surface area contributed by atoms with Gasteiger partial charge in [0.1, 0.15) is 0 Å². The van der Waals surface area contributed by atoms with Crippen molar-refractivity contribution < 1.29 is 14.6 Å². The smallest absolute Gasteiger partial charge is 0.217 e. The molecule has 1 heterocycles. The predicted octanol–water partition coefficient (Wildman–Crippen LogP) is -1.44. The molecule has 0 saturated carbocycles. The fourth-order valence-electron chi connectivity index (χ4n) is 1.24. The van der Waals surface area contributed by atoms with Gasteiger partial charge in [-0.2, -0.15) is 0 Å². The van der Waals surface area contributed by atoms with Gasteiger partial charge in [-0.05, 0) is 6.42 Å². The van der Waals surface area contributed by atoms with Gasteiger partial charge in [-0.3, -0.25) is 4.79 Å². The minimum atomic E-state index is -0.894. The summed E-state index contributed by atoms with van der Waals surface area (Å²) in [4.78, 5) is 10.6. The van der Waals surface area contributed by atoms with Crippen LogP contribution in [-0.4, -0.2) is 36.0 Å². The van der Waals surface area contributed by atoms with E-state index in [1.54, 1.807) is 0 Å². The van der Waals surface area contributed by atoms with Crippen LogP contribution in [0.25, 0.3) is 0 Å². The first-order valence-electron chi connectivity index (χ1n) is 3.92. The number of aliphatic hydroxyl groups is 1. The first kappa shape index (κ1) is 9.44. The molecule has 0 aromatic rings. The van der Waals surface area contributed by atoms with Crippen molar-refractivity contribution in [2.24, 2.45) is 5.73 Å². The van der Waals surface area contributed by atoms with Crippen LogP contribution < -0.4 is 11.1 Å². The van der Waals surface area contributed by atoms with E-state index in [0.717, 1.165) is 0 Å². The van der Waals surface area contributed by atoms with Gasteiger partial charge in [0, 0.05) is 6.92 Å². The highest BCUT2D eigenvalue weighted by molar-refractivity contribution is 5.73. The minimum absolute atomic E-state index is 0.0686. The number of ether oxygens (including phenoxy) is 1. The van der Waals surface area contributed by atoms with Gasteiger partial charge in [-0.25, -0.2) is 0 Å². The van der Waals surface area contributed by atoms with Gasteiger partial charge < -0.3 is 20.9 Å². The van der Waals surface area contributed by atoms with E-state index < -0.39 is 12.3 Å². The number of aliphatic hydroxyl groups excluding tert-OH is 1. The lowest BCUT2D eigenvalue weighted by Crippen LogP contribution is -2.51. The Morgan fingerprint density at radius 3 is 2.92 bits per heavy atom. The second-order valence-corrected chi connectivity index (χ2v) is 3.02. The molecule has 1 aliphatic heterocycles. The van der Waals surface area contributed by atoms with Crippen LogP contribution in [-0.2, 0) is 9.53 Å². The molecule has 0 aliphatic carbocycles. The highest BCUT2D eigenvalue weighted by Gasteiger charge is 2.27. The van der Waals surface area contributed by atoms with Crippen molar-refractivity contribution in [3.05, 3.63) is 0 Å². The van der Waals surface area contributed by atoms with Crippen LogP contribution in [0.15, 0.2) is 0 Å². The molecule has 1 fully saturated rings. The van der Waals surface area contributed by atoms with Gasteiger partial charge >= 0.3 is 0 Å². The largest absolute Gasteiger partial charge is 0.367 e. The fourth-order valence-corrected chi connectivity index (χ4v) is 1.24. The summed E-state index contributed by atoms with van der Waals surface area (Å²) < 4.78 is 4.92. The molecule has 3 atom stereocenters. The first-order chi connectivity index (χ1) is 5.59. The summed E-state index contributed by atoms with van der Waals surface area (Å²) in [6.07, 6.45) is -0.337. The Hall–Kier alpha value is -0.650. The Bertz CT molecular complexity index is 174. The third-order valence-corrected chi connectivity index (χ3v) is 1.80. The van der Waals surface area contributed by atoms with Gasteiger partial charge in [0.2, 0.25) is 5.91 Å². The number of carbonyl (C=O) groups is 1. The Labute approximate surface area is 70.9 Å². The molecule has 70 valence electrons. The average Bonchev–Trinajstić information content (AvgIpc) is 1.96. The Morgan fingerprint density at radius 2 is 2.42 bits per heavy atom. The maximum Gasteiger partial charge on any atom is 0.217 e. The summed E-state index contributed by atoms with van der Waals surface area (Å²) in [6.45, 7) is 1.77. The van der Waals surface area contributed by atoms with Gasteiger partial charge in [0.05, 0.1) is 18.7 Å². The number of hydrogen-bond donors (Lipinski definition) is 3. The number of carbonyl (C=O) groups excluding carboxylic acids is 1. The maximum atomic E-state index is 10.6. The van der Waals surface area contributed by atoms with Crippen LogP contribution in [0.4, 0.5) is 0 Å². The SMILES string of the molecule is CC(=O)N[C@H]1COC(O)[C@H](N)C1. The predicted molar refractivity (Wildman–Crippen MR) is 42.2 cm³/mol. The average molecular weight is 174 g/mol. The molecule has 0 radical (unpaired) electrons. The lowest BCUT2D eigenvalue weighted by Gasteiger charge is -2.31. The number of hydrogen-bond acceptors (Lipinski definition) is 4. The van der Waals surface area contributed by atoms with Crippen LogP contribution in [0, 0.1) is 0 Å². The Morgan fingerprint density at radius 1 is 1.75 bits per heavy atom. The normalized spacial score (nSPS) is 36.1. The highest BCUT2D eigenvalue weighted by atomic mass is 16.6. The number of nitrogens with two attached hydrogens (primary N) is 1. The zero-order valence-electron chi connectivity index (χ0n) is 6.99. The van der Waals surface area contributed by atoms with E-state index in [-0.39, 0.29) is 11.9 Å². The second-order valence-electron chi connectivity index (χ2n) is 3.02. The van der Waals surface area contributed by atoms with Crippen molar-refractivity contribution in [2.45, 2.75) is 31.7 Å². The molecule has 0 aromatic heterocycles. The van der Waals surface area contributed by atoms with E-state index in [2.05, 4.69) is 5.32 Å². The molecule has 1 aliphatic rings. The highest BCUT2D eigenvalue weighted by Crippen LogP contribution is 2.10. The number of nitrogens with one attached hydrogen (secondary N) is 1. The summed E-state index contributed by atoms with van der Waals surface area (Å²) in [7, 11) is 0. The van der Waals surface area contributed by atoms with E-state index in [0.29, 0.717) is 13.0 Å². The van der Waals surface area contributed by atoms with Gasteiger partial charge in [0.15, 0.2) is 6.29 Å². The summed E-state index contributed by atoms with van der Waals surface area (Å²) in [5.74, 6) is -0.104. The summed E-state index contributed by atoms with van der Waals surface area (Å²) in [5, 5.41) is 11.7. The van der Waals surface area contributed by atoms with E-state index in [1.165, 1.54) is 6.92 Å². The van der Waals surface area contributed by atoms with Crippen molar-refractivity contribution in [1.82, 2.24) is 5.32 Å². The summed E-state index contributed by atoms with van der Waals surface area (Å²) in [6, 6.07) is -0.475. The molecule has 1 amide bonds.